The van der Waals surface area contributed by atoms with Crippen molar-refractivity contribution in [2.45, 2.75) is 26.1 Å². The molecule has 4 nitrogen and oxygen atoms in total. The van der Waals surface area contributed by atoms with Crippen molar-refractivity contribution in [3.8, 4) is 0 Å². The third kappa shape index (κ3) is 2.89. The van der Waals surface area contributed by atoms with Crippen LogP contribution in [0.1, 0.15) is 29.9 Å². The number of hydrogen-bond donors (Lipinski definition) is 2. The third-order valence-corrected chi connectivity index (χ3v) is 4.00. The van der Waals surface area contributed by atoms with Crippen molar-refractivity contribution in [2.24, 2.45) is 7.05 Å². The molecule has 1 atom stereocenters. The Balaban J connectivity index is 1.75. The second-order valence-electron chi connectivity index (χ2n) is 5.60. The van der Waals surface area contributed by atoms with Crippen molar-refractivity contribution in [3.05, 3.63) is 65.5 Å². The van der Waals surface area contributed by atoms with Crippen molar-refractivity contribution in [1.82, 2.24) is 14.9 Å². The maximum Gasteiger partial charge on any atom is 0.126 e. The van der Waals surface area contributed by atoms with Crippen LogP contribution in [0.3, 0.4) is 0 Å². The Morgan fingerprint density at radius 1 is 1.14 bits per heavy atom. The van der Waals surface area contributed by atoms with E-state index in [0.717, 1.165) is 34.5 Å². The number of aromatic nitrogens is 2. The predicted molar refractivity (Wildman–Crippen MR) is 88.3 cm³/mol. The second kappa shape index (κ2) is 6.30. The van der Waals surface area contributed by atoms with E-state index in [2.05, 4.69) is 36.0 Å². The summed E-state index contributed by atoms with van der Waals surface area (Å²) < 4.78 is 2.14. The number of aliphatic hydroxyl groups excluding tert-OH is 1. The SMILES string of the molecule is CC(NCc1cccc(CO)c1)c1nc2ccccc2n1C. The summed E-state index contributed by atoms with van der Waals surface area (Å²) >= 11 is 0. The molecule has 2 N–H and O–H groups in total. The maximum absolute atomic E-state index is 9.20. The van der Waals surface area contributed by atoms with Crippen LogP contribution in [0.5, 0.6) is 0 Å². The lowest BCUT2D eigenvalue weighted by molar-refractivity contribution is 0.281. The van der Waals surface area contributed by atoms with Crippen LogP contribution in [0.2, 0.25) is 0 Å². The normalized spacial score (nSPS) is 12.7. The van der Waals surface area contributed by atoms with Gasteiger partial charge < -0.3 is 15.0 Å². The Kier molecular flexibility index (Phi) is 4.22. The molecule has 1 heterocycles. The predicted octanol–water partition coefficient (Wildman–Crippen LogP) is 2.92. The summed E-state index contributed by atoms with van der Waals surface area (Å²) in [5.41, 5.74) is 4.27. The highest BCUT2D eigenvalue weighted by molar-refractivity contribution is 5.75. The molecule has 0 spiro atoms. The molecule has 2 aromatic carbocycles. The van der Waals surface area contributed by atoms with Gasteiger partial charge in [-0.05, 0) is 30.2 Å². The van der Waals surface area contributed by atoms with E-state index in [1.165, 1.54) is 0 Å². The summed E-state index contributed by atoms with van der Waals surface area (Å²) in [6.45, 7) is 2.95. The Hall–Kier alpha value is -2.17. The first-order valence-electron chi connectivity index (χ1n) is 7.52. The third-order valence-electron chi connectivity index (χ3n) is 4.00. The van der Waals surface area contributed by atoms with E-state index in [-0.39, 0.29) is 12.6 Å². The molecule has 22 heavy (non-hydrogen) atoms. The van der Waals surface area contributed by atoms with Crippen LogP contribution >= 0.6 is 0 Å². The minimum absolute atomic E-state index is 0.0775. The molecule has 0 saturated heterocycles. The molecule has 1 aromatic heterocycles. The second-order valence-corrected chi connectivity index (χ2v) is 5.60. The minimum Gasteiger partial charge on any atom is -0.392 e. The van der Waals surface area contributed by atoms with Crippen LogP contribution in [0.25, 0.3) is 11.0 Å². The summed E-state index contributed by atoms with van der Waals surface area (Å²) in [5.74, 6) is 1.03. The van der Waals surface area contributed by atoms with Crippen LogP contribution < -0.4 is 5.32 Å². The average Bonchev–Trinajstić information content (AvgIpc) is 2.90. The van der Waals surface area contributed by atoms with Gasteiger partial charge in [0.1, 0.15) is 5.82 Å². The monoisotopic (exact) mass is 295 g/mol. The first kappa shape index (κ1) is 14.8. The topological polar surface area (TPSA) is 50.1 Å². The van der Waals surface area contributed by atoms with Crippen LogP contribution in [0, 0.1) is 0 Å². The van der Waals surface area contributed by atoms with Gasteiger partial charge >= 0.3 is 0 Å². The number of imidazole rings is 1. The van der Waals surface area contributed by atoms with Crippen molar-refractivity contribution >= 4 is 11.0 Å². The van der Waals surface area contributed by atoms with Crippen LogP contribution in [0.15, 0.2) is 48.5 Å². The Bertz CT molecular complexity index is 779. The fourth-order valence-electron chi connectivity index (χ4n) is 2.75. The molecule has 0 aliphatic rings. The molecule has 4 heteroatoms. The molecule has 0 saturated carbocycles. The van der Waals surface area contributed by atoms with E-state index in [4.69, 9.17) is 4.98 Å². The first-order valence-corrected chi connectivity index (χ1v) is 7.52. The zero-order valence-electron chi connectivity index (χ0n) is 13.0. The molecule has 0 aliphatic heterocycles. The molecule has 0 amide bonds. The Labute approximate surface area is 130 Å². The Morgan fingerprint density at radius 2 is 1.91 bits per heavy atom. The summed E-state index contributed by atoms with van der Waals surface area (Å²) in [6, 6.07) is 16.3. The molecular formula is C18H21N3O. The van der Waals surface area contributed by atoms with Gasteiger partial charge in [0.2, 0.25) is 0 Å². The molecular weight excluding hydrogens is 274 g/mol. The maximum atomic E-state index is 9.20. The number of aryl methyl sites for hydroxylation is 1. The number of benzene rings is 2. The van der Waals surface area contributed by atoms with E-state index in [0.29, 0.717) is 0 Å². The lowest BCUT2D eigenvalue weighted by atomic mass is 10.1. The number of aliphatic hydroxyl groups is 1. The molecule has 0 radical (unpaired) electrons. The standard InChI is InChI=1S/C18H21N3O/c1-13(19-11-14-6-5-7-15(10-14)12-22)18-20-16-8-3-4-9-17(16)21(18)2/h3-10,13,19,22H,11-12H2,1-2H3. The summed E-state index contributed by atoms with van der Waals surface area (Å²) in [4.78, 5) is 4.72. The zero-order chi connectivity index (χ0) is 15.5. The minimum atomic E-state index is 0.0775. The molecule has 114 valence electrons. The van der Waals surface area contributed by atoms with Crippen LogP contribution in [-0.2, 0) is 20.2 Å². The van der Waals surface area contributed by atoms with E-state index >= 15 is 0 Å². The largest absolute Gasteiger partial charge is 0.392 e. The fourth-order valence-corrected chi connectivity index (χ4v) is 2.75. The van der Waals surface area contributed by atoms with Crippen LogP contribution in [-0.4, -0.2) is 14.7 Å². The van der Waals surface area contributed by atoms with Gasteiger partial charge in [-0.1, -0.05) is 36.4 Å². The summed E-state index contributed by atoms with van der Waals surface area (Å²) in [6.07, 6.45) is 0. The van der Waals surface area contributed by atoms with Gasteiger partial charge in [-0.3, -0.25) is 0 Å². The van der Waals surface area contributed by atoms with Crippen molar-refractivity contribution in [1.29, 1.82) is 0 Å². The van der Waals surface area contributed by atoms with E-state index in [9.17, 15) is 5.11 Å². The fraction of sp³-hybridized carbons (Fsp3) is 0.278. The molecule has 3 rings (SSSR count). The molecule has 3 aromatic rings. The number of fused-ring (bicyclic) bond motifs is 1. The molecule has 1 unspecified atom stereocenters. The summed E-state index contributed by atoms with van der Waals surface area (Å²) in [5, 5.41) is 12.7. The lowest BCUT2D eigenvalue weighted by Gasteiger charge is -2.14. The highest BCUT2D eigenvalue weighted by Gasteiger charge is 2.13. The van der Waals surface area contributed by atoms with E-state index in [1.54, 1.807) is 0 Å². The van der Waals surface area contributed by atoms with E-state index < -0.39 is 0 Å². The smallest absolute Gasteiger partial charge is 0.126 e. The van der Waals surface area contributed by atoms with Gasteiger partial charge in [-0.15, -0.1) is 0 Å². The van der Waals surface area contributed by atoms with Gasteiger partial charge in [0.05, 0.1) is 23.7 Å². The van der Waals surface area contributed by atoms with Crippen LogP contribution in [0.4, 0.5) is 0 Å². The van der Waals surface area contributed by atoms with Crippen molar-refractivity contribution in [3.63, 3.8) is 0 Å². The lowest BCUT2D eigenvalue weighted by Crippen LogP contribution is -2.21. The number of rotatable bonds is 5. The number of nitrogens with one attached hydrogen (secondary N) is 1. The molecule has 0 bridgehead atoms. The number of nitrogens with zero attached hydrogens (tertiary/aromatic N) is 2. The highest BCUT2D eigenvalue weighted by Crippen LogP contribution is 2.19. The molecule has 0 aliphatic carbocycles. The zero-order valence-corrected chi connectivity index (χ0v) is 13.0. The first-order chi connectivity index (χ1) is 10.7. The van der Waals surface area contributed by atoms with Gasteiger partial charge in [0.15, 0.2) is 0 Å². The molecule has 0 fully saturated rings. The number of hydrogen-bond acceptors (Lipinski definition) is 3. The van der Waals surface area contributed by atoms with Crippen molar-refractivity contribution in [2.75, 3.05) is 0 Å². The van der Waals surface area contributed by atoms with Gasteiger partial charge in [0.25, 0.3) is 0 Å². The van der Waals surface area contributed by atoms with Gasteiger partial charge in [-0.25, -0.2) is 4.98 Å². The average molecular weight is 295 g/mol. The quantitative estimate of drug-likeness (QED) is 0.761. The van der Waals surface area contributed by atoms with Crippen molar-refractivity contribution < 1.29 is 5.11 Å². The van der Waals surface area contributed by atoms with Gasteiger partial charge in [-0.2, -0.15) is 0 Å². The summed E-state index contributed by atoms with van der Waals surface area (Å²) in [7, 11) is 2.05. The Morgan fingerprint density at radius 3 is 2.68 bits per heavy atom. The number of para-hydroxylation sites is 2. The van der Waals surface area contributed by atoms with E-state index in [1.807, 2.05) is 36.4 Å². The van der Waals surface area contributed by atoms with Gasteiger partial charge in [0, 0.05) is 13.6 Å². The highest BCUT2D eigenvalue weighted by atomic mass is 16.3.